The first kappa shape index (κ1) is 11.9. The minimum absolute atomic E-state index is 0.268. The summed E-state index contributed by atoms with van der Waals surface area (Å²) in [6, 6.07) is 5.05. The number of H-pyrrole nitrogens is 1. The van der Waals surface area contributed by atoms with E-state index in [1.54, 1.807) is 18.2 Å². The van der Waals surface area contributed by atoms with Crippen molar-refractivity contribution >= 4 is 11.9 Å². The van der Waals surface area contributed by atoms with Crippen LogP contribution < -0.4 is 14.8 Å². The fraction of sp³-hybridized carbons (Fsp3) is 0.182. The SMILES string of the molecule is COc1cccc(C(=O)Nc2ncn[nH]2)c1OC. The Kier molecular flexibility index (Phi) is 3.42. The largest absolute Gasteiger partial charge is 0.493 e. The highest BCUT2D eigenvalue weighted by atomic mass is 16.5. The number of ether oxygens (including phenoxy) is 2. The summed E-state index contributed by atoms with van der Waals surface area (Å²) >= 11 is 0. The van der Waals surface area contributed by atoms with Gasteiger partial charge < -0.3 is 9.47 Å². The monoisotopic (exact) mass is 248 g/mol. The lowest BCUT2D eigenvalue weighted by atomic mass is 10.1. The van der Waals surface area contributed by atoms with Crippen LogP contribution in [0.5, 0.6) is 11.5 Å². The predicted molar refractivity (Wildman–Crippen MR) is 63.9 cm³/mol. The van der Waals surface area contributed by atoms with Crippen molar-refractivity contribution in [3.8, 4) is 11.5 Å². The highest BCUT2D eigenvalue weighted by molar-refractivity contribution is 6.05. The number of aromatic nitrogens is 3. The van der Waals surface area contributed by atoms with E-state index in [2.05, 4.69) is 20.5 Å². The number of nitrogens with one attached hydrogen (secondary N) is 2. The Morgan fingerprint density at radius 1 is 1.33 bits per heavy atom. The third-order valence-electron chi connectivity index (χ3n) is 2.29. The number of nitrogens with zero attached hydrogens (tertiary/aromatic N) is 2. The molecule has 0 atom stereocenters. The molecule has 2 aromatic rings. The van der Waals surface area contributed by atoms with E-state index in [4.69, 9.17) is 9.47 Å². The number of anilines is 1. The second-order valence-electron chi connectivity index (χ2n) is 3.33. The van der Waals surface area contributed by atoms with E-state index in [-0.39, 0.29) is 11.9 Å². The zero-order valence-corrected chi connectivity index (χ0v) is 9.93. The molecule has 0 spiro atoms. The van der Waals surface area contributed by atoms with Crippen molar-refractivity contribution in [3.05, 3.63) is 30.1 Å². The number of hydrogen-bond donors (Lipinski definition) is 2. The summed E-state index contributed by atoms with van der Waals surface area (Å²) in [5.74, 6) is 0.770. The maximum Gasteiger partial charge on any atom is 0.261 e. The molecule has 0 fully saturated rings. The molecule has 0 bridgehead atoms. The molecule has 7 nitrogen and oxygen atoms in total. The standard InChI is InChI=1S/C11H12N4O3/c1-17-8-5-3-4-7(9(8)18-2)10(16)14-11-12-6-13-15-11/h3-6H,1-2H3,(H2,12,13,14,15,16). The predicted octanol–water partition coefficient (Wildman–Crippen LogP) is 1.07. The number of benzene rings is 1. The number of para-hydroxylation sites is 1. The number of carbonyl (C=O) groups excluding carboxylic acids is 1. The van der Waals surface area contributed by atoms with Crippen LogP contribution in [0.25, 0.3) is 0 Å². The van der Waals surface area contributed by atoms with Gasteiger partial charge in [-0.15, -0.1) is 0 Å². The highest BCUT2D eigenvalue weighted by Crippen LogP contribution is 2.30. The van der Waals surface area contributed by atoms with Crippen molar-refractivity contribution in [1.29, 1.82) is 0 Å². The average molecular weight is 248 g/mol. The molecular weight excluding hydrogens is 236 g/mol. The molecule has 0 unspecified atom stereocenters. The van der Waals surface area contributed by atoms with Crippen molar-refractivity contribution in [2.24, 2.45) is 0 Å². The number of aromatic amines is 1. The highest BCUT2D eigenvalue weighted by Gasteiger charge is 2.16. The number of amides is 1. The number of rotatable bonds is 4. The van der Waals surface area contributed by atoms with Gasteiger partial charge in [0.1, 0.15) is 6.33 Å². The van der Waals surface area contributed by atoms with Crippen LogP contribution in [-0.2, 0) is 0 Å². The second kappa shape index (κ2) is 5.17. The molecule has 2 N–H and O–H groups in total. The summed E-state index contributed by atoms with van der Waals surface area (Å²) in [6.07, 6.45) is 1.30. The van der Waals surface area contributed by atoms with E-state index < -0.39 is 0 Å². The Labute approximate surface area is 103 Å². The number of methoxy groups -OCH3 is 2. The van der Waals surface area contributed by atoms with Gasteiger partial charge in [-0.25, -0.2) is 5.10 Å². The van der Waals surface area contributed by atoms with Gasteiger partial charge in [0.05, 0.1) is 19.8 Å². The summed E-state index contributed by atoms with van der Waals surface area (Å²) in [5.41, 5.74) is 0.355. The summed E-state index contributed by atoms with van der Waals surface area (Å²) in [4.78, 5) is 15.8. The Balaban J connectivity index is 2.29. The van der Waals surface area contributed by atoms with Gasteiger partial charge in [-0.05, 0) is 12.1 Å². The Morgan fingerprint density at radius 2 is 2.17 bits per heavy atom. The van der Waals surface area contributed by atoms with Crippen molar-refractivity contribution in [3.63, 3.8) is 0 Å². The van der Waals surface area contributed by atoms with Crippen molar-refractivity contribution in [1.82, 2.24) is 15.2 Å². The minimum atomic E-state index is -0.359. The first-order valence-electron chi connectivity index (χ1n) is 5.14. The summed E-state index contributed by atoms with van der Waals surface area (Å²) in [6.45, 7) is 0. The molecule has 1 heterocycles. The van der Waals surface area contributed by atoms with E-state index in [0.29, 0.717) is 17.1 Å². The van der Waals surface area contributed by atoms with Crippen LogP contribution in [0.3, 0.4) is 0 Å². The van der Waals surface area contributed by atoms with E-state index in [1.165, 1.54) is 20.5 Å². The molecule has 1 aromatic heterocycles. The third-order valence-corrected chi connectivity index (χ3v) is 2.29. The maximum absolute atomic E-state index is 12.0. The molecule has 1 amide bonds. The van der Waals surface area contributed by atoms with E-state index in [1.807, 2.05) is 0 Å². The van der Waals surface area contributed by atoms with Crippen molar-refractivity contribution in [2.75, 3.05) is 19.5 Å². The van der Waals surface area contributed by atoms with Crippen LogP contribution in [0.15, 0.2) is 24.5 Å². The Morgan fingerprint density at radius 3 is 2.78 bits per heavy atom. The topological polar surface area (TPSA) is 89.1 Å². The third kappa shape index (κ3) is 2.24. The molecule has 94 valence electrons. The quantitative estimate of drug-likeness (QED) is 0.844. The molecule has 0 aliphatic rings. The lowest BCUT2D eigenvalue weighted by Crippen LogP contribution is -2.14. The van der Waals surface area contributed by atoms with E-state index >= 15 is 0 Å². The second-order valence-corrected chi connectivity index (χ2v) is 3.33. The van der Waals surface area contributed by atoms with Crippen LogP contribution in [-0.4, -0.2) is 35.3 Å². The van der Waals surface area contributed by atoms with Crippen molar-refractivity contribution < 1.29 is 14.3 Å². The van der Waals surface area contributed by atoms with Crippen LogP contribution >= 0.6 is 0 Å². The fourth-order valence-corrected chi connectivity index (χ4v) is 1.51. The van der Waals surface area contributed by atoms with Gasteiger partial charge in [0.15, 0.2) is 11.5 Å². The molecular formula is C11H12N4O3. The van der Waals surface area contributed by atoms with Crippen molar-refractivity contribution in [2.45, 2.75) is 0 Å². The molecule has 2 rings (SSSR count). The lowest BCUT2D eigenvalue weighted by molar-refractivity contribution is 0.102. The summed E-state index contributed by atoms with van der Waals surface area (Å²) in [7, 11) is 2.99. The fourth-order valence-electron chi connectivity index (χ4n) is 1.51. The van der Waals surface area contributed by atoms with Gasteiger partial charge in [-0.2, -0.15) is 10.1 Å². The van der Waals surface area contributed by atoms with Crippen LogP contribution in [0.1, 0.15) is 10.4 Å². The summed E-state index contributed by atoms with van der Waals surface area (Å²) in [5, 5.41) is 8.74. The van der Waals surface area contributed by atoms with Gasteiger partial charge in [-0.1, -0.05) is 6.07 Å². The van der Waals surface area contributed by atoms with E-state index in [0.717, 1.165) is 0 Å². The van der Waals surface area contributed by atoms with Crippen LogP contribution in [0.2, 0.25) is 0 Å². The molecule has 0 radical (unpaired) electrons. The molecule has 1 aromatic carbocycles. The number of hydrogen-bond acceptors (Lipinski definition) is 5. The Bertz CT molecular complexity index is 539. The minimum Gasteiger partial charge on any atom is -0.493 e. The van der Waals surface area contributed by atoms with Gasteiger partial charge in [0, 0.05) is 0 Å². The maximum atomic E-state index is 12.0. The zero-order chi connectivity index (χ0) is 13.0. The summed E-state index contributed by atoms with van der Waals surface area (Å²) < 4.78 is 10.3. The smallest absolute Gasteiger partial charge is 0.261 e. The molecule has 18 heavy (non-hydrogen) atoms. The number of carbonyl (C=O) groups is 1. The first-order valence-corrected chi connectivity index (χ1v) is 5.14. The molecule has 7 heteroatoms. The molecule has 0 aliphatic carbocycles. The van der Waals surface area contributed by atoms with Gasteiger partial charge >= 0.3 is 0 Å². The van der Waals surface area contributed by atoms with Crippen LogP contribution in [0.4, 0.5) is 5.95 Å². The van der Waals surface area contributed by atoms with Gasteiger partial charge in [-0.3, -0.25) is 10.1 Å². The zero-order valence-electron chi connectivity index (χ0n) is 9.93. The van der Waals surface area contributed by atoms with Crippen LogP contribution in [0, 0.1) is 0 Å². The Hall–Kier alpha value is -2.57. The van der Waals surface area contributed by atoms with Gasteiger partial charge in [0.25, 0.3) is 5.91 Å². The normalized spacial score (nSPS) is 9.89. The average Bonchev–Trinajstić information content (AvgIpc) is 2.90. The van der Waals surface area contributed by atoms with E-state index in [9.17, 15) is 4.79 Å². The molecule has 0 saturated carbocycles. The lowest BCUT2D eigenvalue weighted by Gasteiger charge is -2.11. The molecule has 0 aliphatic heterocycles. The van der Waals surface area contributed by atoms with Gasteiger partial charge in [0.2, 0.25) is 5.95 Å². The molecule has 0 saturated heterocycles. The first-order chi connectivity index (χ1) is 8.76.